The predicted octanol–water partition coefficient (Wildman–Crippen LogP) is 2.81. The Kier molecular flexibility index (Phi) is 5.06. The molecular formula is C17H14ClN3O4S. The number of thiazole rings is 1. The Morgan fingerprint density at radius 1 is 1.12 bits per heavy atom. The number of aromatic nitrogens is 1. The van der Waals surface area contributed by atoms with Crippen molar-refractivity contribution in [3.05, 3.63) is 50.9 Å². The second kappa shape index (κ2) is 7.27. The van der Waals surface area contributed by atoms with Crippen molar-refractivity contribution in [2.24, 2.45) is 0 Å². The molecule has 1 aromatic carbocycles. The summed E-state index contributed by atoms with van der Waals surface area (Å²) in [6, 6.07) is 6.25. The van der Waals surface area contributed by atoms with Crippen molar-refractivity contribution >= 4 is 46.9 Å². The summed E-state index contributed by atoms with van der Waals surface area (Å²) in [6.45, 7) is 0.347. The lowest BCUT2D eigenvalue weighted by Gasteiger charge is -2.28. The fourth-order valence-electron chi connectivity index (χ4n) is 2.31. The van der Waals surface area contributed by atoms with E-state index in [4.69, 9.17) is 16.3 Å². The van der Waals surface area contributed by atoms with Crippen LogP contribution in [0.3, 0.4) is 0 Å². The molecule has 1 fully saturated rings. The molecule has 1 aliphatic heterocycles. The highest BCUT2D eigenvalue weighted by Gasteiger charge is 2.37. The van der Waals surface area contributed by atoms with Crippen LogP contribution >= 0.6 is 22.9 Å². The van der Waals surface area contributed by atoms with Gasteiger partial charge < -0.3 is 4.74 Å². The average Bonchev–Trinajstić information content (AvgIpc) is 3.06. The van der Waals surface area contributed by atoms with Gasteiger partial charge in [-0.25, -0.2) is 9.78 Å². The first-order valence-electron chi connectivity index (χ1n) is 7.51. The van der Waals surface area contributed by atoms with Gasteiger partial charge in [-0.1, -0.05) is 23.7 Å². The van der Waals surface area contributed by atoms with Crippen LogP contribution in [0, 0.1) is 0 Å². The molecule has 0 N–H and O–H groups in total. The van der Waals surface area contributed by atoms with E-state index in [1.165, 1.54) is 31.5 Å². The number of imide groups is 2. The molecule has 1 aromatic heterocycles. The summed E-state index contributed by atoms with van der Waals surface area (Å²) < 4.78 is 6.10. The van der Waals surface area contributed by atoms with Gasteiger partial charge in [0.15, 0.2) is 4.47 Å². The van der Waals surface area contributed by atoms with Gasteiger partial charge in [0.05, 0.1) is 4.88 Å². The van der Waals surface area contributed by atoms with E-state index in [-0.39, 0.29) is 5.57 Å². The summed E-state index contributed by atoms with van der Waals surface area (Å²) in [5.41, 5.74) is 0.577. The second-order valence-corrected chi connectivity index (χ2v) is 7.20. The molecule has 0 spiro atoms. The predicted molar refractivity (Wildman–Crippen MR) is 96.8 cm³/mol. The van der Waals surface area contributed by atoms with Gasteiger partial charge in [0.1, 0.15) is 17.9 Å². The number of benzene rings is 1. The minimum Gasteiger partial charge on any atom is -0.488 e. The normalized spacial score (nSPS) is 14.9. The zero-order valence-electron chi connectivity index (χ0n) is 13.9. The highest BCUT2D eigenvalue weighted by atomic mass is 35.5. The molecule has 26 heavy (non-hydrogen) atoms. The number of carbonyl (C=O) groups excluding carboxylic acids is 3. The standard InChI is InChI=1S/C17H14ClN3O4S/c1-20-14(22)13(15(23)21(2)17(20)24)7-10-3-5-11(6-4-10)25-9-12-8-19-16(18)26-12/h3-8H,9H2,1-2H3. The lowest BCUT2D eigenvalue weighted by atomic mass is 10.1. The summed E-state index contributed by atoms with van der Waals surface area (Å²) in [5.74, 6) is -0.622. The zero-order valence-corrected chi connectivity index (χ0v) is 15.5. The van der Waals surface area contributed by atoms with Gasteiger partial charge in [-0.05, 0) is 23.8 Å². The monoisotopic (exact) mass is 391 g/mol. The van der Waals surface area contributed by atoms with Gasteiger partial charge in [0, 0.05) is 20.3 Å². The third-order valence-corrected chi connectivity index (χ3v) is 4.83. The number of hydrogen-bond acceptors (Lipinski definition) is 6. The largest absolute Gasteiger partial charge is 0.488 e. The van der Waals surface area contributed by atoms with Crippen LogP contribution in [-0.4, -0.2) is 46.7 Å². The maximum atomic E-state index is 12.2. The summed E-state index contributed by atoms with van der Waals surface area (Å²) >= 11 is 7.11. The molecule has 1 aliphatic rings. The van der Waals surface area contributed by atoms with Gasteiger partial charge >= 0.3 is 6.03 Å². The molecular weight excluding hydrogens is 378 g/mol. The number of carbonyl (C=O) groups is 3. The number of ether oxygens (including phenoxy) is 1. The van der Waals surface area contributed by atoms with E-state index in [1.807, 2.05) is 0 Å². The van der Waals surface area contributed by atoms with Crippen molar-refractivity contribution in [2.75, 3.05) is 14.1 Å². The van der Waals surface area contributed by atoms with Crippen molar-refractivity contribution in [3.8, 4) is 5.75 Å². The van der Waals surface area contributed by atoms with Crippen LogP contribution < -0.4 is 4.74 Å². The Bertz CT molecular complexity index is 881. The van der Waals surface area contributed by atoms with E-state index in [0.717, 1.165) is 14.7 Å². The van der Waals surface area contributed by atoms with E-state index < -0.39 is 17.8 Å². The Labute approximate surface area is 158 Å². The molecule has 7 nitrogen and oxygen atoms in total. The van der Waals surface area contributed by atoms with Gasteiger partial charge in [-0.15, -0.1) is 11.3 Å². The molecule has 4 amide bonds. The van der Waals surface area contributed by atoms with Gasteiger partial charge in [0.25, 0.3) is 11.8 Å². The summed E-state index contributed by atoms with van der Waals surface area (Å²) in [7, 11) is 2.67. The Hall–Kier alpha value is -2.71. The van der Waals surface area contributed by atoms with Crippen molar-refractivity contribution in [3.63, 3.8) is 0 Å². The first-order chi connectivity index (χ1) is 12.4. The lowest BCUT2D eigenvalue weighted by molar-refractivity contribution is -0.134. The number of amides is 4. The minimum absolute atomic E-state index is 0.0671. The fourth-order valence-corrected chi connectivity index (χ4v) is 3.20. The number of urea groups is 1. The SMILES string of the molecule is CN1C(=O)C(=Cc2ccc(OCc3cnc(Cl)s3)cc2)C(=O)N(C)C1=O. The number of hydrogen-bond donors (Lipinski definition) is 0. The number of barbiturate groups is 1. The third kappa shape index (κ3) is 3.61. The van der Waals surface area contributed by atoms with E-state index in [1.54, 1.807) is 30.5 Å². The molecule has 0 radical (unpaired) electrons. The van der Waals surface area contributed by atoms with Crippen molar-refractivity contribution in [1.82, 2.24) is 14.8 Å². The zero-order chi connectivity index (χ0) is 18.8. The van der Waals surface area contributed by atoms with Crippen LogP contribution in [0.15, 0.2) is 36.0 Å². The lowest BCUT2D eigenvalue weighted by Crippen LogP contribution is -2.52. The highest BCUT2D eigenvalue weighted by molar-refractivity contribution is 7.15. The van der Waals surface area contributed by atoms with Crippen LogP contribution in [0.1, 0.15) is 10.4 Å². The molecule has 0 bridgehead atoms. The minimum atomic E-state index is -0.649. The van der Waals surface area contributed by atoms with E-state index >= 15 is 0 Å². The molecule has 134 valence electrons. The van der Waals surface area contributed by atoms with Crippen LogP contribution in [0.4, 0.5) is 4.79 Å². The maximum Gasteiger partial charge on any atom is 0.333 e. The van der Waals surface area contributed by atoms with E-state index in [0.29, 0.717) is 22.4 Å². The van der Waals surface area contributed by atoms with E-state index in [2.05, 4.69) is 4.98 Å². The van der Waals surface area contributed by atoms with Crippen molar-refractivity contribution < 1.29 is 19.1 Å². The van der Waals surface area contributed by atoms with Gasteiger partial charge in [-0.3, -0.25) is 19.4 Å². The van der Waals surface area contributed by atoms with Crippen LogP contribution in [0.5, 0.6) is 5.75 Å². The van der Waals surface area contributed by atoms with Crippen LogP contribution in [0.25, 0.3) is 6.08 Å². The van der Waals surface area contributed by atoms with Crippen LogP contribution in [0.2, 0.25) is 4.47 Å². The van der Waals surface area contributed by atoms with E-state index in [9.17, 15) is 14.4 Å². The van der Waals surface area contributed by atoms with Gasteiger partial charge in [0.2, 0.25) is 0 Å². The molecule has 0 saturated carbocycles. The molecule has 0 atom stereocenters. The van der Waals surface area contributed by atoms with Crippen LogP contribution in [-0.2, 0) is 16.2 Å². The molecule has 9 heteroatoms. The first-order valence-corrected chi connectivity index (χ1v) is 8.71. The maximum absolute atomic E-state index is 12.2. The Balaban J connectivity index is 1.73. The smallest absolute Gasteiger partial charge is 0.333 e. The summed E-state index contributed by atoms with van der Waals surface area (Å²) in [5, 5.41) is 0. The molecule has 3 rings (SSSR count). The third-order valence-electron chi connectivity index (χ3n) is 3.74. The Morgan fingerprint density at radius 2 is 1.73 bits per heavy atom. The number of likely N-dealkylation sites (N-methyl/N-ethyl adjacent to an activating group) is 2. The van der Waals surface area contributed by atoms with Crippen molar-refractivity contribution in [1.29, 1.82) is 0 Å². The summed E-state index contributed by atoms with van der Waals surface area (Å²) in [4.78, 5) is 42.7. The Morgan fingerprint density at radius 3 is 2.27 bits per heavy atom. The molecule has 1 saturated heterocycles. The number of rotatable bonds is 4. The van der Waals surface area contributed by atoms with Crippen molar-refractivity contribution in [2.45, 2.75) is 6.61 Å². The topological polar surface area (TPSA) is 79.8 Å². The molecule has 0 aliphatic carbocycles. The first kappa shape index (κ1) is 18.1. The highest BCUT2D eigenvalue weighted by Crippen LogP contribution is 2.22. The van der Waals surface area contributed by atoms with Gasteiger partial charge in [-0.2, -0.15) is 0 Å². The molecule has 2 heterocycles. The second-order valence-electron chi connectivity index (χ2n) is 5.51. The molecule has 0 unspecified atom stereocenters. The molecule has 2 aromatic rings. The summed E-state index contributed by atoms with van der Waals surface area (Å²) in [6.07, 6.45) is 3.11. The fraction of sp³-hybridized carbons (Fsp3) is 0.176. The number of halogens is 1. The number of nitrogens with zero attached hydrogens (tertiary/aromatic N) is 3. The quantitative estimate of drug-likeness (QED) is 0.591. The average molecular weight is 392 g/mol.